The van der Waals surface area contributed by atoms with Crippen molar-refractivity contribution in [1.82, 2.24) is 4.98 Å². The lowest BCUT2D eigenvalue weighted by Gasteiger charge is -2.23. The van der Waals surface area contributed by atoms with Gasteiger partial charge in [-0.25, -0.2) is 9.37 Å². The normalized spacial score (nSPS) is 16.8. The molecule has 0 saturated carbocycles. The Kier molecular flexibility index (Phi) is 7.11. The van der Waals surface area contributed by atoms with Gasteiger partial charge >= 0.3 is 5.91 Å². The first kappa shape index (κ1) is 25.4. The highest BCUT2D eigenvalue weighted by atomic mass is 32.1. The van der Waals surface area contributed by atoms with Crippen LogP contribution in [0.5, 0.6) is 11.5 Å². The zero-order valence-electron chi connectivity index (χ0n) is 20.8. The molecule has 0 radical (unpaired) electrons. The number of aliphatic hydroxyl groups is 1. The number of ether oxygens (including phenoxy) is 2. The second kappa shape index (κ2) is 10.6. The summed E-state index contributed by atoms with van der Waals surface area (Å²) in [6, 6.07) is 16.6. The Labute approximate surface area is 222 Å². The van der Waals surface area contributed by atoms with Gasteiger partial charge in [-0.1, -0.05) is 36.8 Å². The second-order valence-corrected chi connectivity index (χ2v) is 9.79. The number of thiazole rings is 1. The van der Waals surface area contributed by atoms with E-state index >= 15 is 0 Å². The van der Waals surface area contributed by atoms with E-state index in [9.17, 15) is 19.1 Å². The third kappa shape index (κ3) is 4.72. The van der Waals surface area contributed by atoms with Gasteiger partial charge in [0.05, 0.1) is 35.5 Å². The zero-order chi connectivity index (χ0) is 26.8. The average molecular weight is 533 g/mol. The van der Waals surface area contributed by atoms with Gasteiger partial charge in [0, 0.05) is 5.56 Å². The molecule has 2 heterocycles. The summed E-state index contributed by atoms with van der Waals surface area (Å²) in [5.74, 6) is -1.24. The highest BCUT2D eigenvalue weighted by Crippen LogP contribution is 2.44. The van der Waals surface area contributed by atoms with Crippen molar-refractivity contribution in [2.45, 2.75) is 25.8 Å². The van der Waals surface area contributed by atoms with Gasteiger partial charge in [0.1, 0.15) is 23.1 Å². The summed E-state index contributed by atoms with van der Waals surface area (Å²) in [6.07, 6.45) is 1.92. The highest BCUT2D eigenvalue weighted by Gasteiger charge is 2.48. The Bertz CT molecular complexity index is 1530. The maximum Gasteiger partial charge on any atom is 0.301 e. The number of rotatable bonds is 8. The number of methoxy groups -OCH3 is 1. The van der Waals surface area contributed by atoms with Crippen LogP contribution in [0, 0.1) is 5.82 Å². The number of hydrogen-bond donors (Lipinski definition) is 1. The summed E-state index contributed by atoms with van der Waals surface area (Å²) >= 11 is 1.24. The number of benzene rings is 3. The van der Waals surface area contributed by atoms with Crippen molar-refractivity contribution in [1.29, 1.82) is 0 Å². The van der Waals surface area contributed by atoms with E-state index in [1.54, 1.807) is 43.5 Å². The molecule has 1 N–H and O–H groups in total. The number of unbranched alkanes of at least 4 members (excludes halogenated alkanes) is 1. The van der Waals surface area contributed by atoms with E-state index in [0.29, 0.717) is 34.3 Å². The first-order valence-electron chi connectivity index (χ1n) is 12.2. The van der Waals surface area contributed by atoms with Gasteiger partial charge < -0.3 is 14.6 Å². The zero-order valence-corrected chi connectivity index (χ0v) is 21.6. The molecule has 0 bridgehead atoms. The summed E-state index contributed by atoms with van der Waals surface area (Å²) in [6.45, 7) is 2.66. The molecule has 1 aliphatic rings. The number of carbonyl (C=O) groups excluding carboxylic acids is 2. The molecule has 1 unspecified atom stereocenters. The summed E-state index contributed by atoms with van der Waals surface area (Å²) in [5.41, 5.74) is 1.36. The van der Waals surface area contributed by atoms with Crippen LogP contribution < -0.4 is 14.4 Å². The lowest BCUT2D eigenvalue weighted by molar-refractivity contribution is -0.132. The lowest BCUT2D eigenvalue weighted by atomic mass is 9.95. The van der Waals surface area contributed by atoms with Gasteiger partial charge in [-0.05, 0) is 66.6 Å². The van der Waals surface area contributed by atoms with Crippen molar-refractivity contribution in [3.05, 3.63) is 89.2 Å². The number of ketones is 1. The van der Waals surface area contributed by atoms with Crippen LogP contribution in [0.2, 0.25) is 0 Å². The van der Waals surface area contributed by atoms with Gasteiger partial charge in [-0.15, -0.1) is 0 Å². The number of fused-ring (bicyclic) bond motifs is 1. The van der Waals surface area contributed by atoms with Gasteiger partial charge in [0.2, 0.25) is 0 Å². The van der Waals surface area contributed by atoms with E-state index < -0.39 is 23.5 Å². The third-order valence-electron chi connectivity index (χ3n) is 6.31. The Hall–Kier alpha value is -4.24. The predicted molar refractivity (Wildman–Crippen MR) is 144 cm³/mol. The second-order valence-electron chi connectivity index (χ2n) is 8.78. The minimum Gasteiger partial charge on any atom is -0.507 e. The average Bonchev–Trinajstić information content (AvgIpc) is 3.46. The summed E-state index contributed by atoms with van der Waals surface area (Å²) in [5, 5.41) is 11.5. The fourth-order valence-electron chi connectivity index (χ4n) is 4.31. The minimum atomic E-state index is -0.952. The predicted octanol–water partition coefficient (Wildman–Crippen LogP) is 6.25. The standard InChI is InChI=1S/C29H25FN2O5S/c1-3-4-15-37-20-11-7-17(8-12-20)25-24(26(33)18-5-9-19(30)10-6-18)27(34)28(35)32(25)29-31-22-14-13-21(36-2)16-23(22)38-29/h5-14,16,25,33H,3-4,15H2,1-2H3/b26-24+. The molecule has 9 heteroatoms. The molecule has 194 valence electrons. The number of Topliss-reactive ketones (excluding diaryl/α,β-unsaturated/α-hetero) is 1. The minimum absolute atomic E-state index is 0.0990. The van der Waals surface area contributed by atoms with Crippen LogP contribution in [-0.4, -0.2) is 35.5 Å². The maximum absolute atomic E-state index is 13.5. The van der Waals surface area contributed by atoms with Crippen molar-refractivity contribution >= 4 is 44.1 Å². The summed E-state index contributed by atoms with van der Waals surface area (Å²) < 4.78 is 25.4. The SMILES string of the molecule is CCCCOc1ccc(C2/C(=C(\O)c3ccc(F)cc3)C(=O)C(=O)N2c2nc3ccc(OC)cc3s2)cc1. The molecule has 1 fully saturated rings. The number of halogens is 1. The van der Waals surface area contributed by atoms with Crippen LogP contribution in [0.1, 0.15) is 36.9 Å². The monoisotopic (exact) mass is 532 g/mol. The molecule has 0 spiro atoms. The number of hydrogen-bond acceptors (Lipinski definition) is 7. The van der Waals surface area contributed by atoms with E-state index in [1.807, 2.05) is 6.07 Å². The Morgan fingerprint density at radius 2 is 1.76 bits per heavy atom. The number of aromatic nitrogens is 1. The van der Waals surface area contributed by atoms with Crippen molar-refractivity contribution < 1.29 is 28.6 Å². The van der Waals surface area contributed by atoms with E-state index in [0.717, 1.165) is 17.5 Å². The first-order valence-corrected chi connectivity index (χ1v) is 13.0. The van der Waals surface area contributed by atoms with Gasteiger partial charge in [-0.3, -0.25) is 14.5 Å². The molecule has 4 aromatic rings. The smallest absolute Gasteiger partial charge is 0.301 e. The molecular weight excluding hydrogens is 507 g/mol. The van der Waals surface area contributed by atoms with E-state index in [-0.39, 0.29) is 16.9 Å². The quantitative estimate of drug-likeness (QED) is 0.125. The summed E-state index contributed by atoms with van der Waals surface area (Å²) in [7, 11) is 1.56. The fraction of sp³-hybridized carbons (Fsp3) is 0.207. The van der Waals surface area contributed by atoms with E-state index in [1.165, 1.54) is 40.5 Å². The number of aliphatic hydroxyl groups excluding tert-OH is 1. The van der Waals surface area contributed by atoms with Crippen LogP contribution in [-0.2, 0) is 9.59 Å². The molecule has 38 heavy (non-hydrogen) atoms. The maximum atomic E-state index is 13.5. The van der Waals surface area contributed by atoms with Crippen molar-refractivity contribution in [3.8, 4) is 11.5 Å². The molecule has 3 aromatic carbocycles. The number of nitrogens with zero attached hydrogens (tertiary/aromatic N) is 2. The Balaban J connectivity index is 1.63. The van der Waals surface area contributed by atoms with Crippen molar-refractivity contribution in [2.24, 2.45) is 0 Å². The van der Waals surface area contributed by atoms with Gasteiger partial charge in [0.25, 0.3) is 5.78 Å². The van der Waals surface area contributed by atoms with Gasteiger partial charge in [-0.2, -0.15) is 0 Å². The topological polar surface area (TPSA) is 89.0 Å². The molecule has 1 amide bonds. The molecule has 0 aliphatic carbocycles. The largest absolute Gasteiger partial charge is 0.507 e. The molecule has 7 nitrogen and oxygen atoms in total. The fourth-order valence-corrected chi connectivity index (χ4v) is 5.33. The van der Waals surface area contributed by atoms with Crippen LogP contribution in [0.15, 0.2) is 72.3 Å². The Morgan fingerprint density at radius 1 is 1.05 bits per heavy atom. The van der Waals surface area contributed by atoms with Crippen LogP contribution in [0.25, 0.3) is 16.0 Å². The summed E-state index contributed by atoms with van der Waals surface area (Å²) in [4.78, 5) is 32.7. The molecule has 5 rings (SSSR count). The van der Waals surface area contributed by atoms with E-state index in [2.05, 4.69) is 11.9 Å². The van der Waals surface area contributed by atoms with Crippen LogP contribution in [0.4, 0.5) is 9.52 Å². The molecular formula is C29H25FN2O5S. The Morgan fingerprint density at radius 3 is 2.45 bits per heavy atom. The first-order chi connectivity index (χ1) is 18.4. The van der Waals surface area contributed by atoms with Crippen LogP contribution >= 0.6 is 11.3 Å². The van der Waals surface area contributed by atoms with Gasteiger partial charge in [0.15, 0.2) is 5.13 Å². The lowest BCUT2D eigenvalue weighted by Crippen LogP contribution is -2.29. The molecule has 1 aliphatic heterocycles. The van der Waals surface area contributed by atoms with Crippen molar-refractivity contribution in [3.63, 3.8) is 0 Å². The van der Waals surface area contributed by atoms with Crippen molar-refractivity contribution in [2.75, 3.05) is 18.6 Å². The third-order valence-corrected chi connectivity index (χ3v) is 7.33. The number of anilines is 1. The number of carbonyl (C=O) groups is 2. The molecule has 1 aromatic heterocycles. The van der Waals surface area contributed by atoms with E-state index in [4.69, 9.17) is 9.47 Å². The molecule has 1 saturated heterocycles. The highest BCUT2D eigenvalue weighted by molar-refractivity contribution is 7.22. The molecule has 1 atom stereocenters. The number of amides is 1. The van der Waals surface area contributed by atoms with Crippen LogP contribution in [0.3, 0.4) is 0 Å².